The van der Waals surface area contributed by atoms with Crippen LogP contribution in [0.2, 0.25) is 10.0 Å². The van der Waals surface area contributed by atoms with Crippen LogP contribution in [0.25, 0.3) is 0 Å². The molecule has 6 nitrogen and oxygen atoms in total. The quantitative estimate of drug-likeness (QED) is 0.776. The van der Waals surface area contributed by atoms with E-state index >= 15 is 0 Å². The molecule has 1 aliphatic heterocycles. The molecule has 1 amide bonds. The highest BCUT2D eigenvalue weighted by molar-refractivity contribution is 7.91. The predicted molar refractivity (Wildman–Crippen MR) is 92.2 cm³/mol. The zero-order valence-corrected chi connectivity index (χ0v) is 15.3. The Bertz CT molecular complexity index is 763. The molecule has 0 saturated carbocycles. The highest BCUT2D eigenvalue weighted by Gasteiger charge is 2.30. The lowest BCUT2D eigenvalue weighted by Gasteiger charge is -2.12. The minimum absolute atomic E-state index is 0.0111. The van der Waals surface area contributed by atoms with Gasteiger partial charge in [0.05, 0.1) is 27.2 Å². The zero-order chi connectivity index (χ0) is 17.9. The maximum atomic E-state index is 11.9. The summed E-state index contributed by atoms with van der Waals surface area (Å²) in [6, 6.07) is 3.32. The molecule has 1 heterocycles. The first-order valence-electron chi connectivity index (χ1n) is 7.28. The average Bonchev–Trinajstić information content (AvgIpc) is 2.84. The largest absolute Gasteiger partial charge is 0.456 e. The fraction of sp³-hybridized carbons (Fsp3) is 0.467. The summed E-state index contributed by atoms with van der Waals surface area (Å²) in [7, 11) is -3.04. The van der Waals surface area contributed by atoms with Gasteiger partial charge in [0.15, 0.2) is 16.4 Å². The van der Waals surface area contributed by atoms with Crippen molar-refractivity contribution in [2.24, 2.45) is 5.92 Å². The summed E-state index contributed by atoms with van der Waals surface area (Å²) in [4.78, 5) is 23.6. The second kappa shape index (κ2) is 7.72. The first-order valence-corrected chi connectivity index (χ1v) is 9.86. The first-order chi connectivity index (χ1) is 11.2. The lowest BCUT2D eigenvalue weighted by molar-refractivity contribution is -0.148. The van der Waals surface area contributed by atoms with E-state index < -0.39 is 28.3 Å². The van der Waals surface area contributed by atoms with Crippen molar-refractivity contribution < 1.29 is 22.7 Å². The normalized spacial score (nSPS) is 19.0. The van der Waals surface area contributed by atoms with Crippen LogP contribution in [0.3, 0.4) is 0 Å². The number of anilines is 1. The van der Waals surface area contributed by atoms with Crippen molar-refractivity contribution in [3.05, 3.63) is 27.7 Å². The van der Waals surface area contributed by atoms with Gasteiger partial charge in [-0.1, -0.05) is 29.3 Å². The van der Waals surface area contributed by atoms with Gasteiger partial charge in [-0.15, -0.1) is 0 Å². The summed E-state index contributed by atoms with van der Waals surface area (Å²) in [5.74, 6) is -1.34. The minimum atomic E-state index is -3.04. The number of aryl methyl sites for hydroxylation is 1. The number of hydrogen-bond acceptors (Lipinski definition) is 5. The lowest BCUT2D eigenvalue weighted by Crippen LogP contribution is -2.22. The van der Waals surface area contributed by atoms with Gasteiger partial charge in [0.2, 0.25) is 0 Å². The van der Waals surface area contributed by atoms with Crippen LogP contribution in [0.1, 0.15) is 18.4 Å². The van der Waals surface area contributed by atoms with E-state index in [1.54, 1.807) is 19.1 Å². The van der Waals surface area contributed by atoms with Crippen LogP contribution < -0.4 is 5.32 Å². The highest BCUT2D eigenvalue weighted by atomic mass is 35.5. The van der Waals surface area contributed by atoms with Crippen LogP contribution in [-0.2, 0) is 24.2 Å². The highest BCUT2D eigenvalue weighted by Crippen LogP contribution is 2.32. The Labute approximate surface area is 150 Å². The number of amides is 1. The molecule has 132 valence electrons. The molecule has 2 rings (SSSR count). The second-order valence-corrected chi connectivity index (χ2v) is 8.75. The smallest absolute Gasteiger partial charge is 0.306 e. The van der Waals surface area contributed by atoms with Crippen LogP contribution in [0, 0.1) is 12.8 Å². The Morgan fingerprint density at radius 1 is 1.33 bits per heavy atom. The van der Waals surface area contributed by atoms with Crippen LogP contribution in [-0.4, -0.2) is 38.4 Å². The molecule has 1 aliphatic rings. The molecule has 1 fully saturated rings. The minimum Gasteiger partial charge on any atom is -0.456 e. The third kappa shape index (κ3) is 5.09. The first kappa shape index (κ1) is 19.0. The van der Waals surface area contributed by atoms with Gasteiger partial charge in [-0.25, -0.2) is 8.42 Å². The standard InChI is InChI=1S/C15H17Cl2NO5S/c1-9-2-3-11(16)15(14(9)17)18-12(19)7-23-13(20)6-10-4-5-24(21,22)8-10/h2-3,10H,4-8H2,1H3,(H,18,19)/t10-/m1/s1. The number of nitrogens with one attached hydrogen (secondary N) is 1. The molecule has 0 spiro atoms. The van der Waals surface area contributed by atoms with E-state index in [4.69, 9.17) is 27.9 Å². The van der Waals surface area contributed by atoms with E-state index in [0.717, 1.165) is 5.56 Å². The van der Waals surface area contributed by atoms with E-state index in [0.29, 0.717) is 11.4 Å². The molecular formula is C15H17Cl2NO5S. The average molecular weight is 394 g/mol. The molecule has 0 aliphatic carbocycles. The van der Waals surface area contributed by atoms with Crippen LogP contribution in [0.4, 0.5) is 5.69 Å². The molecule has 9 heteroatoms. The third-order valence-electron chi connectivity index (χ3n) is 3.69. The fourth-order valence-electron chi connectivity index (χ4n) is 2.42. The van der Waals surface area contributed by atoms with Gasteiger partial charge in [0, 0.05) is 6.42 Å². The van der Waals surface area contributed by atoms with Gasteiger partial charge < -0.3 is 10.1 Å². The Morgan fingerprint density at radius 2 is 2.04 bits per heavy atom. The predicted octanol–water partition coefficient (Wildman–Crippen LogP) is 2.61. The second-order valence-electron chi connectivity index (χ2n) is 5.74. The van der Waals surface area contributed by atoms with E-state index in [2.05, 4.69) is 5.32 Å². The number of sulfone groups is 1. The van der Waals surface area contributed by atoms with Gasteiger partial charge >= 0.3 is 5.97 Å². The zero-order valence-electron chi connectivity index (χ0n) is 13.0. The summed E-state index contributed by atoms with van der Waals surface area (Å²) in [5.41, 5.74) is 1.01. The molecule has 0 unspecified atom stereocenters. The van der Waals surface area contributed by atoms with Crippen molar-refractivity contribution in [1.82, 2.24) is 0 Å². The fourth-order valence-corrected chi connectivity index (χ4v) is 4.75. The Balaban J connectivity index is 1.83. The van der Waals surface area contributed by atoms with Crippen molar-refractivity contribution in [2.45, 2.75) is 19.8 Å². The molecule has 0 radical (unpaired) electrons. The Kier molecular flexibility index (Phi) is 6.11. The summed E-state index contributed by atoms with van der Waals surface area (Å²) >= 11 is 12.1. The van der Waals surface area contributed by atoms with E-state index in [1.165, 1.54) is 0 Å². The number of benzene rings is 1. The van der Waals surface area contributed by atoms with Crippen molar-refractivity contribution in [1.29, 1.82) is 0 Å². The van der Waals surface area contributed by atoms with Gasteiger partial charge in [-0.2, -0.15) is 0 Å². The van der Waals surface area contributed by atoms with Crippen LogP contribution >= 0.6 is 23.2 Å². The topological polar surface area (TPSA) is 89.5 Å². The van der Waals surface area contributed by atoms with Gasteiger partial charge in [0.1, 0.15) is 0 Å². The molecule has 1 atom stereocenters. The molecule has 1 N–H and O–H groups in total. The number of carbonyl (C=O) groups is 2. The summed E-state index contributed by atoms with van der Waals surface area (Å²) < 4.78 is 27.6. The number of rotatable bonds is 5. The molecule has 24 heavy (non-hydrogen) atoms. The van der Waals surface area contributed by atoms with Crippen LogP contribution in [0.5, 0.6) is 0 Å². The summed E-state index contributed by atoms with van der Waals surface area (Å²) in [6.45, 7) is 1.28. The molecule has 1 saturated heterocycles. The van der Waals surface area contributed by atoms with Gasteiger partial charge in [-0.05, 0) is 30.9 Å². The summed E-state index contributed by atoms with van der Waals surface area (Å²) in [6.07, 6.45) is 0.427. The number of halogens is 2. The van der Waals surface area contributed by atoms with E-state index in [9.17, 15) is 18.0 Å². The van der Waals surface area contributed by atoms with Crippen molar-refractivity contribution in [2.75, 3.05) is 23.4 Å². The van der Waals surface area contributed by atoms with E-state index in [1.807, 2.05) is 0 Å². The monoisotopic (exact) mass is 393 g/mol. The van der Waals surface area contributed by atoms with Crippen molar-refractivity contribution >= 4 is 50.6 Å². The maximum absolute atomic E-state index is 11.9. The maximum Gasteiger partial charge on any atom is 0.306 e. The van der Waals surface area contributed by atoms with Crippen molar-refractivity contribution in [3.8, 4) is 0 Å². The molecule has 0 aromatic heterocycles. The number of ether oxygens (including phenoxy) is 1. The molecule has 1 aromatic carbocycles. The SMILES string of the molecule is Cc1ccc(Cl)c(NC(=O)COC(=O)C[C@H]2CCS(=O)(=O)C2)c1Cl. The van der Waals surface area contributed by atoms with E-state index in [-0.39, 0.29) is 34.6 Å². The Morgan fingerprint density at radius 3 is 2.67 bits per heavy atom. The molecular weight excluding hydrogens is 377 g/mol. The lowest BCUT2D eigenvalue weighted by atomic mass is 10.1. The Hall–Kier alpha value is -1.31. The van der Waals surface area contributed by atoms with Gasteiger partial charge in [-0.3, -0.25) is 9.59 Å². The number of carbonyl (C=O) groups excluding carboxylic acids is 2. The molecule has 1 aromatic rings. The van der Waals surface area contributed by atoms with Crippen LogP contribution in [0.15, 0.2) is 12.1 Å². The third-order valence-corrected chi connectivity index (χ3v) is 6.33. The summed E-state index contributed by atoms with van der Waals surface area (Å²) in [5, 5.41) is 3.10. The van der Waals surface area contributed by atoms with Gasteiger partial charge in [0.25, 0.3) is 5.91 Å². The molecule has 0 bridgehead atoms. The van der Waals surface area contributed by atoms with Crippen molar-refractivity contribution in [3.63, 3.8) is 0 Å². The number of esters is 1. The number of hydrogen-bond donors (Lipinski definition) is 1.